The molecular formula is C9H11F3N2O2. The van der Waals surface area contributed by atoms with Crippen molar-refractivity contribution in [2.75, 3.05) is 0 Å². The molecule has 1 heterocycles. The summed E-state index contributed by atoms with van der Waals surface area (Å²) in [5.74, 6) is 0. The van der Waals surface area contributed by atoms with E-state index in [1.807, 2.05) is 0 Å². The molecule has 1 aromatic heterocycles. The summed E-state index contributed by atoms with van der Waals surface area (Å²) in [6.45, 7) is 3.10. The topological polar surface area (TPSA) is 44.0 Å². The van der Waals surface area contributed by atoms with E-state index in [0.29, 0.717) is 10.6 Å². The maximum atomic E-state index is 12.4. The molecule has 1 aromatic rings. The smallest absolute Gasteiger partial charge is 0.292 e. The van der Waals surface area contributed by atoms with Crippen molar-refractivity contribution >= 4 is 0 Å². The zero-order chi connectivity index (χ0) is 12.7. The molecule has 0 unspecified atom stereocenters. The number of alkyl halides is 3. The Morgan fingerprint density at radius 1 is 1.25 bits per heavy atom. The summed E-state index contributed by atoms with van der Waals surface area (Å²) in [4.78, 5) is 22.9. The lowest BCUT2D eigenvalue weighted by Gasteiger charge is -2.15. The molecule has 0 atom stereocenters. The minimum Gasteiger partial charge on any atom is -0.292 e. The number of rotatable bonds is 1. The molecule has 0 aliphatic carbocycles. The second-order valence-electron chi connectivity index (χ2n) is 3.67. The van der Waals surface area contributed by atoms with E-state index in [-0.39, 0.29) is 0 Å². The van der Waals surface area contributed by atoms with Crippen molar-refractivity contribution in [1.82, 2.24) is 9.13 Å². The summed E-state index contributed by atoms with van der Waals surface area (Å²) in [5.41, 5.74) is -3.14. The van der Waals surface area contributed by atoms with Crippen molar-refractivity contribution in [1.29, 1.82) is 0 Å². The lowest BCUT2D eigenvalue weighted by atomic mass is 10.3. The van der Waals surface area contributed by atoms with Crippen LogP contribution in [0.1, 0.15) is 25.6 Å². The molecular weight excluding hydrogens is 225 g/mol. The van der Waals surface area contributed by atoms with E-state index in [1.54, 1.807) is 13.8 Å². The molecule has 0 saturated carbocycles. The van der Waals surface area contributed by atoms with Gasteiger partial charge in [0.2, 0.25) is 0 Å². The Balaban J connectivity index is 3.66. The first-order chi connectivity index (χ1) is 7.16. The first kappa shape index (κ1) is 12.5. The maximum Gasteiger partial charge on any atom is 0.431 e. The molecule has 0 saturated heterocycles. The number of aromatic nitrogens is 2. The fourth-order valence-corrected chi connectivity index (χ4v) is 1.39. The third kappa shape index (κ3) is 2.02. The van der Waals surface area contributed by atoms with E-state index < -0.39 is 29.2 Å². The van der Waals surface area contributed by atoms with Crippen LogP contribution in [0.4, 0.5) is 13.2 Å². The van der Waals surface area contributed by atoms with Crippen LogP contribution in [0, 0.1) is 0 Å². The SMILES string of the molecule is CC(C)n1c(=O)cc(C(F)(F)F)n(C)c1=O. The molecule has 0 radical (unpaired) electrons. The minimum atomic E-state index is -4.71. The summed E-state index contributed by atoms with van der Waals surface area (Å²) >= 11 is 0. The van der Waals surface area contributed by atoms with Crippen LogP contribution in [0.3, 0.4) is 0 Å². The standard InChI is InChI=1S/C9H11F3N2O2/c1-5(2)14-7(15)4-6(9(10,11)12)13(3)8(14)16/h4-5H,1-3H3. The van der Waals surface area contributed by atoms with Gasteiger partial charge in [0.1, 0.15) is 5.69 Å². The predicted octanol–water partition coefficient (Wildman–Crippen LogP) is 1.15. The van der Waals surface area contributed by atoms with Gasteiger partial charge in [-0.1, -0.05) is 0 Å². The van der Waals surface area contributed by atoms with Crippen molar-refractivity contribution in [3.8, 4) is 0 Å². The molecule has 0 aromatic carbocycles. The van der Waals surface area contributed by atoms with Gasteiger partial charge in [-0.25, -0.2) is 4.79 Å². The fourth-order valence-electron chi connectivity index (χ4n) is 1.39. The van der Waals surface area contributed by atoms with Crippen LogP contribution in [0.5, 0.6) is 0 Å². The second-order valence-corrected chi connectivity index (χ2v) is 3.67. The monoisotopic (exact) mass is 236 g/mol. The highest BCUT2D eigenvalue weighted by atomic mass is 19.4. The Morgan fingerprint density at radius 3 is 2.12 bits per heavy atom. The Hall–Kier alpha value is -1.53. The number of nitrogens with zero attached hydrogens (tertiary/aromatic N) is 2. The van der Waals surface area contributed by atoms with Crippen molar-refractivity contribution in [2.45, 2.75) is 26.1 Å². The highest BCUT2D eigenvalue weighted by Gasteiger charge is 2.35. The zero-order valence-electron chi connectivity index (χ0n) is 9.00. The average molecular weight is 236 g/mol. The quantitative estimate of drug-likeness (QED) is 0.734. The normalized spacial score (nSPS) is 12.2. The zero-order valence-corrected chi connectivity index (χ0v) is 9.00. The van der Waals surface area contributed by atoms with Crippen LogP contribution >= 0.6 is 0 Å². The molecule has 0 spiro atoms. The lowest BCUT2D eigenvalue weighted by Crippen LogP contribution is -2.42. The first-order valence-electron chi connectivity index (χ1n) is 4.56. The van der Waals surface area contributed by atoms with Gasteiger partial charge in [0, 0.05) is 19.2 Å². The van der Waals surface area contributed by atoms with Crippen molar-refractivity contribution < 1.29 is 13.2 Å². The molecule has 90 valence electrons. The Labute approximate surface area is 88.9 Å². The van der Waals surface area contributed by atoms with E-state index in [1.165, 1.54) is 0 Å². The number of hydrogen-bond acceptors (Lipinski definition) is 2. The van der Waals surface area contributed by atoms with Crippen LogP contribution in [0.25, 0.3) is 0 Å². The third-order valence-corrected chi connectivity index (χ3v) is 2.16. The van der Waals surface area contributed by atoms with Gasteiger partial charge in [-0.2, -0.15) is 13.2 Å². The average Bonchev–Trinajstić information content (AvgIpc) is 2.09. The van der Waals surface area contributed by atoms with Crippen molar-refractivity contribution in [2.24, 2.45) is 7.05 Å². The third-order valence-electron chi connectivity index (χ3n) is 2.16. The summed E-state index contributed by atoms with van der Waals surface area (Å²) < 4.78 is 38.5. The van der Waals surface area contributed by atoms with Crippen LogP contribution in [-0.2, 0) is 13.2 Å². The Morgan fingerprint density at radius 2 is 1.75 bits per heavy atom. The van der Waals surface area contributed by atoms with Gasteiger partial charge >= 0.3 is 11.9 Å². The molecule has 0 aliphatic heterocycles. The summed E-state index contributed by atoms with van der Waals surface area (Å²) in [7, 11) is 0.990. The molecule has 1 rings (SSSR count). The molecule has 7 heteroatoms. The van der Waals surface area contributed by atoms with Crippen LogP contribution in [0.2, 0.25) is 0 Å². The molecule has 0 N–H and O–H groups in total. The highest BCUT2D eigenvalue weighted by Crippen LogP contribution is 2.26. The van der Waals surface area contributed by atoms with Crippen LogP contribution < -0.4 is 11.2 Å². The van der Waals surface area contributed by atoms with Crippen molar-refractivity contribution in [3.05, 3.63) is 32.6 Å². The summed E-state index contributed by atoms with van der Waals surface area (Å²) in [6, 6.07) is -0.0463. The van der Waals surface area contributed by atoms with Gasteiger partial charge in [0.15, 0.2) is 0 Å². The van der Waals surface area contributed by atoms with Crippen LogP contribution in [0.15, 0.2) is 15.7 Å². The van der Waals surface area contributed by atoms with Crippen LogP contribution in [-0.4, -0.2) is 9.13 Å². The first-order valence-corrected chi connectivity index (χ1v) is 4.56. The number of hydrogen-bond donors (Lipinski definition) is 0. The minimum absolute atomic E-state index is 0.432. The molecule has 16 heavy (non-hydrogen) atoms. The van der Waals surface area contributed by atoms with Gasteiger partial charge in [-0.15, -0.1) is 0 Å². The van der Waals surface area contributed by atoms with Gasteiger partial charge < -0.3 is 0 Å². The highest BCUT2D eigenvalue weighted by molar-refractivity contribution is 5.06. The molecule has 0 fully saturated rings. The van der Waals surface area contributed by atoms with Gasteiger partial charge in [-0.05, 0) is 13.8 Å². The van der Waals surface area contributed by atoms with E-state index in [9.17, 15) is 22.8 Å². The Bertz CT molecular complexity index is 511. The van der Waals surface area contributed by atoms with Crippen molar-refractivity contribution in [3.63, 3.8) is 0 Å². The molecule has 0 bridgehead atoms. The van der Waals surface area contributed by atoms with Gasteiger partial charge in [-0.3, -0.25) is 13.9 Å². The van der Waals surface area contributed by atoms with Gasteiger partial charge in [0.25, 0.3) is 5.56 Å². The number of halogens is 3. The van der Waals surface area contributed by atoms with E-state index >= 15 is 0 Å². The lowest BCUT2D eigenvalue weighted by molar-refractivity contribution is -0.144. The summed E-state index contributed by atoms with van der Waals surface area (Å²) in [6.07, 6.45) is -4.71. The fraction of sp³-hybridized carbons (Fsp3) is 0.556. The largest absolute Gasteiger partial charge is 0.431 e. The molecule has 4 nitrogen and oxygen atoms in total. The van der Waals surface area contributed by atoms with Gasteiger partial charge in [0.05, 0.1) is 0 Å². The maximum absolute atomic E-state index is 12.4. The predicted molar refractivity (Wildman–Crippen MR) is 51.3 cm³/mol. The summed E-state index contributed by atoms with van der Waals surface area (Å²) in [5, 5.41) is 0. The van der Waals surface area contributed by atoms with E-state index in [0.717, 1.165) is 11.6 Å². The Kier molecular flexibility index (Phi) is 2.98. The van der Waals surface area contributed by atoms with E-state index in [4.69, 9.17) is 0 Å². The second kappa shape index (κ2) is 3.80. The van der Waals surface area contributed by atoms with E-state index in [2.05, 4.69) is 0 Å². The molecule has 0 amide bonds. The molecule has 0 aliphatic rings.